The summed E-state index contributed by atoms with van der Waals surface area (Å²) in [6.45, 7) is 10.6. The molecule has 0 saturated carbocycles. The molecule has 2 rings (SSSR count). The molecular formula is C21H34N4O3. The third-order valence-electron chi connectivity index (χ3n) is 4.86. The second-order valence-corrected chi connectivity index (χ2v) is 7.12. The first-order valence-corrected chi connectivity index (χ1v) is 10.3. The summed E-state index contributed by atoms with van der Waals surface area (Å²) < 4.78 is 4.74. The van der Waals surface area contributed by atoms with Crippen molar-refractivity contribution in [3.8, 4) is 0 Å². The minimum atomic E-state index is -0.474. The van der Waals surface area contributed by atoms with Gasteiger partial charge in [0, 0.05) is 51.4 Å². The lowest BCUT2D eigenvalue weighted by Gasteiger charge is -2.36. The first-order valence-electron chi connectivity index (χ1n) is 10.3. The van der Waals surface area contributed by atoms with Gasteiger partial charge in [0.05, 0.1) is 6.61 Å². The van der Waals surface area contributed by atoms with E-state index in [0.29, 0.717) is 19.7 Å². The number of nitrogens with zero attached hydrogens (tertiary/aromatic N) is 2. The van der Waals surface area contributed by atoms with Gasteiger partial charge in [-0.2, -0.15) is 0 Å². The van der Waals surface area contributed by atoms with E-state index >= 15 is 0 Å². The summed E-state index contributed by atoms with van der Waals surface area (Å²) in [7, 11) is 0. The number of carbonyl (C=O) groups excluding carboxylic acids is 2. The lowest BCUT2D eigenvalue weighted by Crippen LogP contribution is -2.46. The molecule has 2 N–H and O–H groups in total. The van der Waals surface area contributed by atoms with Crippen molar-refractivity contribution < 1.29 is 14.3 Å². The molecule has 0 aromatic heterocycles. The van der Waals surface area contributed by atoms with Crippen LogP contribution in [0.2, 0.25) is 0 Å². The molecule has 7 nitrogen and oxygen atoms in total. The van der Waals surface area contributed by atoms with Crippen LogP contribution in [0.25, 0.3) is 0 Å². The Kier molecular flexibility index (Phi) is 9.62. The number of alkyl carbamates (subject to hydrolysis) is 1. The van der Waals surface area contributed by atoms with Crippen LogP contribution in [-0.4, -0.2) is 69.3 Å². The number of unbranched alkanes of at least 4 members (excludes halogenated alkanes) is 1. The molecule has 1 aromatic rings. The maximum Gasteiger partial charge on any atom is 0.407 e. The number of benzene rings is 1. The Balaban J connectivity index is 1.49. The highest BCUT2D eigenvalue weighted by Gasteiger charge is 2.16. The Morgan fingerprint density at radius 1 is 1.07 bits per heavy atom. The van der Waals surface area contributed by atoms with Gasteiger partial charge in [0.2, 0.25) is 5.91 Å². The second kappa shape index (κ2) is 12.2. The maximum absolute atomic E-state index is 11.7. The Hall–Kier alpha value is -2.28. The van der Waals surface area contributed by atoms with E-state index in [9.17, 15) is 9.59 Å². The Morgan fingerprint density at radius 2 is 1.86 bits per heavy atom. The molecule has 28 heavy (non-hydrogen) atoms. The maximum atomic E-state index is 11.7. The number of piperazine rings is 1. The average molecular weight is 391 g/mol. The fourth-order valence-corrected chi connectivity index (χ4v) is 3.29. The summed E-state index contributed by atoms with van der Waals surface area (Å²) in [6.07, 6.45) is 1.85. The fraction of sp³-hybridized carbons (Fsp3) is 0.619. The van der Waals surface area contributed by atoms with Crippen molar-refractivity contribution in [2.45, 2.75) is 33.1 Å². The van der Waals surface area contributed by atoms with Gasteiger partial charge in [-0.05, 0) is 50.9 Å². The molecule has 0 unspecified atom stereocenters. The van der Waals surface area contributed by atoms with E-state index in [2.05, 4.69) is 51.6 Å². The largest absolute Gasteiger partial charge is 0.450 e. The molecule has 7 heteroatoms. The standard InChI is InChI=1S/C21H34N4O3/c1-3-28-21(27)23-11-9-20(26)22-10-4-5-12-24-13-15-25(16-14-24)19-8-6-7-18(2)17-19/h6-8,17H,3-5,9-16H2,1-2H3,(H,22,26)(H,23,27). The van der Waals surface area contributed by atoms with Gasteiger partial charge >= 0.3 is 6.09 Å². The van der Waals surface area contributed by atoms with Crippen LogP contribution in [0.4, 0.5) is 10.5 Å². The van der Waals surface area contributed by atoms with Gasteiger partial charge in [-0.3, -0.25) is 9.69 Å². The van der Waals surface area contributed by atoms with Crippen LogP contribution in [0.1, 0.15) is 31.7 Å². The summed E-state index contributed by atoms with van der Waals surface area (Å²) in [5.41, 5.74) is 2.62. The lowest BCUT2D eigenvalue weighted by atomic mass is 10.2. The fourth-order valence-electron chi connectivity index (χ4n) is 3.29. The number of carbonyl (C=O) groups is 2. The number of rotatable bonds is 10. The Bertz CT molecular complexity index is 615. The molecule has 0 spiro atoms. The van der Waals surface area contributed by atoms with Crippen molar-refractivity contribution in [1.29, 1.82) is 0 Å². The summed E-state index contributed by atoms with van der Waals surface area (Å²) in [6, 6.07) is 8.70. The van der Waals surface area contributed by atoms with Gasteiger partial charge < -0.3 is 20.3 Å². The number of aryl methyl sites for hydroxylation is 1. The molecule has 156 valence electrons. The molecule has 1 saturated heterocycles. The smallest absolute Gasteiger partial charge is 0.407 e. The zero-order chi connectivity index (χ0) is 20.2. The van der Waals surface area contributed by atoms with Crippen molar-refractivity contribution in [3.05, 3.63) is 29.8 Å². The Labute approximate surface area is 168 Å². The summed E-state index contributed by atoms with van der Waals surface area (Å²) in [5.74, 6) is -0.0384. The van der Waals surface area contributed by atoms with E-state index in [0.717, 1.165) is 45.6 Å². The summed E-state index contributed by atoms with van der Waals surface area (Å²) in [5, 5.41) is 5.45. The van der Waals surface area contributed by atoms with Crippen molar-refractivity contribution >= 4 is 17.7 Å². The third kappa shape index (κ3) is 8.17. The van der Waals surface area contributed by atoms with Crippen LogP contribution in [0, 0.1) is 6.92 Å². The van der Waals surface area contributed by atoms with Gasteiger partial charge in [0.1, 0.15) is 0 Å². The number of anilines is 1. The van der Waals surface area contributed by atoms with Gasteiger partial charge in [-0.25, -0.2) is 4.79 Å². The highest BCUT2D eigenvalue weighted by Crippen LogP contribution is 2.17. The monoisotopic (exact) mass is 390 g/mol. The van der Waals surface area contributed by atoms with Crippen LogP contribution >= 0.6 is 0 Å². The number of hydrogen-bond acceptors (Lipinski definition) is 5. The van der Waals surface area contributed by atoms with E-state index in [1.54, 1.807) is 6.92 Å². The van der Waals surface area contributed by atoms with Gasteiger partial charge in [-0.15, -0.1) is 0 Å². The third-order valence-corrected chi connectivity index (χ3v) is 4.86. The van der Waals surface area contributed by atoms with E-state index in [1.165, 1.54) is 11.3 Å². The number of amides is 2. The van der Waals surface area contributed by atoms with Crippen LogP contribution in [0.5, 0.6) is 0 Å². The molecule has 1 heterocycles. The first kappa shape index (κ1) is 22.0. The molecule has 1 aliphatic heterocycles. The van der Waals surface area contributed by atoms with E-state index in [1.807, 2.05) is 0 Å². The zero-order valence-corrected chi connectivity index (χ0v) is 17.2. The van der Waals surface area contributed by atoms with Crippen LogP contribution < -0.4 is 15.5 Å². The van der Waals surface area contributed by atoms with E-state index in [-0.39, 0.29) is 12.3 Å². The van der Waals surface area contributed by atoms with Crippen molar-refractivity contribution in [2.24, 2.45) is 0 Å². The Morgan fingerprint density at radius 3 is 2.57 bits per heavy atom. The summed E-state index contributed by atoms with van der Waals surface area (Å²) >= 11 is 0. The molecule has 0 aliphatic carbocycles. The molecule has 0 radical (unpaired) electrons. The molecule has 1 aromatic carbocycles. The minimum absolute atomic E-state index is 0.0384. The highest BCUT2D eigenvalue weighted by molar-refractivity contribution is 5.76. The van der Waals surface area contributed by atoms with Gasteiger partial charge in [0.15, 0.2) is 0 Å². The molecule has 0 bridgehead atoms. The van der Waals surface area contributed by atoms with Crippen molar-refractivity contribution in [1.82, 2.24) is 15.5 Å². The highest BCUT2D eigenvalue weighted by atomic mass is 16.5. The normalized spacial score (nSPS) is 14.6. The topological polar surface area (TPSA) is 73.9 Å². The zero-order valence-electron chi connectivity index (χ0n) is 17.2. The quantitative estimate of drug-likeness (QED) is 0.599. The predicted octanol–water partition coefficient (Wildman–Crippen LogP) is 2.15. The molecule has 0 atom stereocenters. The van der Waals surface area contributed by atoms with E-state index in [4.69, 9.17) is 4.74 Å². The lowest BCUT2D eigenvalue weighted by molar-refractivity contribution is -0.120. The SMILES string of the molecule is CCOC(=O)NCCC(=O)NCCCCN1CCN(c2cccc(C)c2)CC1. The summed E-state index contributed by atoms with van der Waals surface area (Å²) in [4.78, 5) is 27.8. The number of hydrogen-bond donors (Lipinski definition) is 2. The van der Waals surface area contributed by atoms with Crippen LogP contribution in [-0.2, 0) is 9.53 Å². The minimum Gasteiger partial charge on any atom is -0.450 e. The number of nitrogens with one attached hydrogen (secondary N) is 2. The predicted molar refractivity (Wildman–Crippen MR) is 112 cm³/mol. The molecule has 1 aliphatic rings. The molecule has 1 fully saturated rings. The van der Waals surface area contributed by atoms with Crippen molar-refractivity contribution in [3.63, 3.8) is 0 Å². The first-order chi connectivity index (χ1) is 13.6. The van der Waals surface area contributed by atoms with Gasteiger partial charge in [-0.1, -0.05) is 12.1 Å². The second-order valence-electron chi connectivity index (χ2n) is 7.12. The van der Waals surface area contributed by atoms with Gasteiger partial charge in [0.25, 0.3) is 0 Å². The van der Waals surface area contributed by atoms with Crippen LogP contribution in [0.15, 0.2) is 24.3 Å². The van der Waals surface area contributed by atoms with Crippen molar-refractivity contribution in [2.75, 3.05) is 57.3 Å². The number of ether oxygens (including phenoxy) is 1. The van der Waals surface area contributed by atoms with Crippen LogP contribution in [0.3, 0.4) is 0 Å². The molecule has 2 amide bonds. The molecular weight excluding hydrogens is 356 g/mol. The van der Waals surface area contributed by atoms with E-state index < -0.39 is 6.09 Å². The average Bonchev–Trinajstić information content (AvgIpc) is 2.68.